The van der Waals surface area contributed by atoms with Crippen LogP contribution in [0.3, 0.4) is 0 Å². The van der Waals surface area contributed by atoms with Crippen LogP contribution in [0, 0.1) is 5.41 Å². The van der Waals surface area contributed by atoms with Crippen molar-refractivity contribution >= 4 is 11.9 Å². The Morgan fingerprint density at radius 1 is 1.12 bits per heavy atom. The average Bonchev–Trinajstić information content (AvgIpc) is 2.76. The van der Waals surface area contributed by atoms with E-state index < -0.39 is 11.9 Å². The third kappa shape index (κ3) is 9.05. The Morgan fingerprint density at radius 2 is 1.88 bits per heavy atom. The Balaban J connectivity index is 1.78. The molecule has 0 unspecified atom stereocenters. The highest BCUT2D eigenvalue weighted by molar-refractivity contribution is 5.88. The van der Waals surface area contributed by atoms with E-state index in [2.05, 4.69) is 44.8 Å². The molecule has 0 atom stereocenters. The maximum absolute atomic E-state index is 11.9. The second-order valence-corrected chi connectivity index (χ2v) is 8.97. The third-order valence-corrected chi connectivity index (χ3v) is 5.58. The minimum Gasteiger partial charge on any atom is -0.459 e. The van der Waals surface area contributed by atoms with Gasteiger partial charge in [-0.3, -0.25) is 4.98 Å². The summed E-state index contributed by atoms with van der Waals surface area (Å²) in [6.07, 6.45) is 18.3. The van der Waals surface area contributed by atoms with E-state index in [9.17, 15) is 9.59 Å². The van der Waals surface area contributed by atoms with Crippen LogP contribution in [0.2, 0.25) is 0 Å². The standard InChI is InChI=1S/C28H35NO4/c1-21(13-14-25-23(3)11-7-15-28(25,4)5)9-6-10-22(2)19-26(30)32-17-18-33-27(31)24-12-8-16-29-20-24/h6,8-10,12-14,16,19-20H,7,11,15,17-18H2,1-5H3/b10-6+,14-13+,21-9+,22-19+. The molecule has 0 amide bonds. The maximum atomic E-state index is 11.9. The maximum Gasteiger partial charge on any atom is 0.339 e. The van der Waals surface area contributed by atoms with Gasteiger partial charge in [-0.15, -0.1) is 0 Å². The molecule has 0 saturated carbocycles. The van der Waals surface area contributed by atoms with Crippen LogP contribution in [0.5, 0.6) is 0 Å². The van der Waals surface area contributed by atoms with E-state index in [1.807, 2.05) is 25.2 Å². The molecule has 0 fully saturated rings. The molecule has 0 bridgehead atoms. The van der Waals surface area contributed by atoms with Crippen LogP contribution in [-0.4, -0.2) is 30.1 Å². The number of rotatable bonds is 9. The van der Waals surface area contributed by atoms with Crippen molar-refractivity contribution in [3.05, 3.63) is 88.8 Å². The molecule has 1 aliphatic rings. The smallest absolute Gasteiger partial charge is 0.339 e. The van der Waals surface area contributed by atoms with E-state index in [1.165, 1.54) is 42.7 Å². The first-order valence-corrected chi connectivity index (χ1v) is 11.3. The molecule has 1 aliphatic carbocycles. The lowest BCUT2D eigenvalue weighted by molar-refractivity contribution is -0.138. The van der Waals surface area contributed by atoms with Crippen molar-refractivity contribution in [2.45, 2.75) is 53.9 Å². The van der Waals surface area contributed by atoms with Crippen molar-refractivity contribution in [1.29, 1.82) is 0 Å². The Kier molecular flexibility index (Phi) is 10.0. The Hall–Kier alpha value is -3.21. The first-order chi connectivity index (χ1) is 15.7. The molecule has 1 aromatic heterocycles. The molecular weight excluding hydrogens is 414 g/mol. The minimum atomic E-state index is -0.497. The third-order valence-electron chi connectivity index (χ3n) is 5.58. The molecule has 2 rings (SSSR count). The van der Waals surface area contributed by atoms with Gasteiger partial charge in [0.05, 0.1) is 5.56 Å². The molecule has 0 radical (unpaired) electrons. The molecule has 5 nitrogen and oxygen atoms in total. The number of hydrogen-bond donors (Lipinski definition) is 0. The highest BCUT2D eigenvalue weighted by atomic mass is 16.6. The van der Waals surface area contributed by atoms with E-state index in [0.29, 0.717) is 5.56 Å². The van der Waals surface area contributed by atoms with Gasteiger partial charge in [0.25, 0.3) is 0 Å². The number of carbonyl (C=O) groups is 2. The van der Waals surface area contributed by atoms with Gasteiger partial charge in [-0.05, 0) is 68.7 Å². The normalized spacial score (nSPS) is 17.0. The first kappa shape index (κ1) is 26.0. The van der Waals surface area contributed by atoms with Crippen LogP contribution >= 0.6 is 0 Å². The molecule has 176 valence electrons. The van der Waals surface area contributed by atoms with Crippen LogP contribution in [0.1, 0.15) is 64.2 Å². The molecule has 0 N–H and O–H groups in total. The highest BCUT2D eigenvalue weighted by Gasteiger charge is 2.26. The number of carbonyl (C=O) groups excluding carboxylic acids is 2. The number of aromatic nitrogens is 1. The molecule has 33 heavy (non-hydrogen) atoms. The SMILES string of the molecule is CC1=C(/C=C/C(C)=C/C=C/C(C)=C/C(=O)OCCOC(=O)c2cccnc2)C(C)(C)CCC1. The van der Waals surface area contributed by atoms with Gasteiger partial charge < -0.3 is 9.47 Å². The predicted octanol–water partition coefficient (Wildman–Crippen LogP) is 6.31. The van der Waals surface area contributed by atoms with Crippen molar-refractivity contribution in [3.63, 3.8) is 0 Å². The van der Waals surface area contributed by atoms with E-state index in [0.717, 1.165) is 11.1 Å². The second kappa shape index (κ2) is 12.7. The Morgan fingerprint density at radius 3 is 2.58 bits per heavy atom. The number of ether oxygens (including phenoxy) is 2. The van der Waals surface area contributed by atoms with Crippen molar-refractivity contribution in [3.8, 4) is 0 Å². The number of pyridine rings is 1. The average molecular weight is 450 g/mol. The Labute approximate surface area is 197 Å². The lowest BCUT2D eigenvalue weighted by Gasteiger charge is -2.32. The van der Waals surface area contributed by atoms with Gasteiger partial charge >= 0.3 is 11.9 Å². The van der Waals surface area contributed by atoms with Crippen molar-refractivity contribution in [2.24, 2.45) is 5.41 Å². The van der Waals surface area contributed by atoms with Gasteiger partial charge in [0.15, 0.2) is 0 Å². The van der Waals surface area contributed by atoms with Gasteiger partial charge in [-0.1, -0.05) is 55.4 Å². The quantitative estimate of drug-likeness (QED) is 0.191. The molecule has 5 heteroatoms. The summed E-state index contributed by atoms with van der Waals surface area (Å²) < 4.78 is 10.1. The molecular formula is C28H35NO4. The predicted molar refractivity (Wildman–Crippen MR) is 132 cm³/mol. The van der Waals surface area contributed by atoms with E-state index >= 15 is 0 Å². The summed E-state index contributed by atoms with van der Waals surface area (Å²) in [4.78, 5) is 27.6. The second-order valence-electron chi connectivity index (χ2n) is 8.97. The number of allylic oxidation sites excluding steroid dienone is 9. The molecule has 1 heterocycles. The fourth-order valence-electron chi connectivity index (χ4n) is 3.75. The summed E-state index contributed by atoms with van der Waals surface area (Å²) in [5.74, 6) is -0.972. The zero-order valence-electron chi connectivity index (χ0n) is 20.4. The fourth-order valence-corrected chi connectivity index (χ4v) is 3.75. The summed E-state index contributed by atoms with van der Waals surface area (Å²) in [7, 11) is 0. The van der Waals surface area contributed by atoms with E-state index in [1.54, 1.807) is 18.3 Å². The van der Waals surface area contributed by atoms with Crippen LogP contribution in [-0.2, 0) is 14.3 Å². The molecule has 0 spiro atoms. The molecule has 0 aliphatic heterocycles. The van der Waals surface area contributed by atoms with Crippen molar-refractivity contribution in [1.82, 2.24) is 4.98 Å². The summed E-state index contributed by atoms with van der Waals surface area (Å²) in [5.41, 5.74) is 5.42. The topological polar surface area (TPSA) is 65.5 Å². The largest absolute Gasteiger partial charge is 0.459 e. The van der Waals surface area contributed by atoms with E-state index in [4.69, 9.17) is 9.47 Å². The van der Waals surface area contributed by atoms with Crippen LogP contribution in [0.4, 0.5) is 0 Å². The fraction of sp³-hybridized carbons (Fsp3) is 0.393. The molecule has 1 aromatic rings. The molecule has 0 aromatic carbocycles. The Bertz CT molecular complexity index is 978. The summed E-state index contributed by atoms with van der Waals surface area (Å²) in [5, 5.41) is 0. The van der Waals surface area contributed by atoms with E-state index in [-0.39, 0.29) is 18.6 Å². The van der Waals surface area contributed by atoms with Crippen LogP contribution < -0.4 is 0 Å². The highest BCUT2D eigenvalue weighted by Crippen LogP contribution is 2.40. The number of esters is 2. The van der Waals surface area contributed by atoms with Crippen molar-refractivity contribution in [2.75, 3.05) is 13.2 Å². The van der Waals surface area contributed by atoms with Crippen LogP contribution in [0.15, 0.2) is 83.3 Å². The number of hydrogen-bond acceptors (Lipinski definition) is 5. The lowest BCUT2D eigenvalue weighted by atomic mass is 9.72. The summed E-state index contributed by atoms with van der Waals surface area (Å²) in [6.45, 7) is 10.7. The zero-order chi connectivity index (χ0) is 24.3. The van der Waals surface area contributed by atoms with Crippen LogP contribution in [0.25, 0.3) is 0 Å². The monoisotopic (exact) mass is 449 g/mol. The van der Waals surface area contributed by atoms with Gasteiger partial charge in [-0.25, -0.2) is 9.59 Å². The lowest BCUT2D eigenvalue weighted by Crippen LogP contribution is -2.19. The first-order valence-electron chi connectivity index (χ1n) is 11.3. The zero-order valence-corrected chi connectivity index (χ0v) is 20.4. The molecule has 0 saturated heterocycles. The van der Waals surface area contributed by atoms with Gasteiger partial charge in [0.2, 0.25) is 0 Å². The van der Waals surface area contributed by atoms with Gasteiger partial charge in [0.1, 0.15) is 13.2 Å². The van der Waals surface area contributed by atoms with Crippen molar-refractivity contribution < 1.29 is 19.1 Å². The summed E-state index contributed by atoms with van der Waals surface area (Å²) >= 11 is 0. The van der Waals surface area contributed by atoms with Gasteiger partial charge in [-0.2, -0.15) is 0 Å². The summed E-state index contributed by atoms with van der Waals surface area (Å²) in [6, 6.07) is 3.27. The number of nitrogens with zero attached hydrogens (tertiary/aromatic N) is 1. The minimum absolute atomic E-state index is 0.00620. The van der Waals surface area contributed by atoms with Gasteiger partial charge in [0, 0.05) is 18.5 Å².